The second kappa shape index (κ2) is 4.75. The molecule has 0 saturated carbocycles. The molecule has 1 rings (SSSR count). The van der Waals surface area contributed by atoms with Crippen LogP contribution in [0.4, 0.5) is 0 Å². The zero-order chi connectivity index (χ0) is 13.4. The minimum atomic E-state index is -0.686. The van der Waals surface area contributed by atoms with E-state index in [-0.39, 0.29) is 16.1 Å². The van der Waals surface area contributed by atoms with Crippen LogP contribution in [0.5, 0.6) is 0 Å². The van der Waals surface area contributed by atoms with E-state index in [1.165, 1.54) is 0 Å². The average Bonchev–Trinajstić information content (AvgIpc) is 2.09. The highest BCUT2D eigenvalue weighted by molar-refractivity contribution is 6.65. The molecule has 6 heteroatoms. The first-order valence-electron chi connectivity index (χ1n) is 5.53. The summed E-state index contributed by atoms with van der Waals surface area (Å²) in [5.41, 5.74) is -0.697. The number of aliphatic imine (C=N–C) groups is 2. The van der Waals surface area contributed by atoms with Crippen LogP contribution in [-0.4, -0.2) is 21.8 Å². The highest BCUT2D eigenvalue weighted by Gasteiger charge is 2.34. The summed E-state index contributed by atoms with van der Waals surface area (Å²) in [5, 5.41) is 1.32. The Hall–Kier alpha value is -0.320. The number of rotatable bonds is 2. The van der Waals surface area contributed by atoms with Crippen LogP contribution in [0.2, 0.25) is 0 Å². The summed E-state index contributed by atoms with van der Waals surface area (Å²) in [6.07, 6.45) is 0.931. The topological polar surface area (TPSA) is 54.0 Å². The molecule has 0 aliphatic carbocycles. The minimum Gasteiger partial charge on any atom is -0.246 e. The Morgan fingerprint density at radius 1 is 1.29 bits per heavy atom. The SMILES string of the molecule is CC(C)(C)CC(C)(C)C1=NC(Cl)N(N)C(Cl)=N1. The Kier molecular flexibility index (Phi) is 4.12. The molecule has 0 bridgehead atoms. The van der Waals surface area contributed by atoms with Crippen molar-refractivity contribution in [1.82, 2.24) is 5.01 Å². The van der Waals surface area contributed by atoms with Crippen molar-refractivity contribution in [3.05, 3.63) is 0 Å². The van der Waals surface area contributed by atoms with Gasteiger partial charge in [-0.2, -0.15) is 0 Å². The third-order valence-corrected chi connectivity index (χ3v) is 3.03. The Balaban J connectivity index is 2.97. The van der Waals surface area contributed by atoms with E-state index in [4.69, 9.17) is 29.0 Å². The lowest BCUT2D eigenvalue weighted by Gasteiger charge is -2.34. The second-order valence-electron chi connectivity index (χ2n) is 6.17. The van der Waals surface area contributed by atoms with Crippen molar-refractivity contribution in [2.24, 2.45) is 26.7 Å². The molecule has 0 aromatic heterocycles. The largest absolute Gasteiger partial charge is 0.246 e. The van der Waals surface area contributed by atoms with Gasteiger partial charge in [0.15, 0.2) is 0 Å². The number of hydrogen-bond acceptors (Lipinski definition) is 4. The first kappa shape index (κ1) is 14.7. The predicted molar refractivity (Wildman–Crippen MR) is 74.2 cm³/mol. The van der Waals surface area contributed by atoms with Gasteiger partial charge in [0, 0.05) is 5.41 Å². The molecule has 17 heavy (non-hydrogen) atoms. The van der Waals surface area contributed by atoms with E-state index in [2.05, 4.69) is 44.6 Å². The number of hydrazine groups is 1. The summed E-state index contributed by atoms with van der Waals surface area (Å²) < 4.78 is 0. The van der Waals surface area contributed by atoms with Crippen molar-refractivity contribution < 1.29 is 0 Å². The number of amidine groups is 2. The second-order valence-corrected chi connectivity index (χ2v) is 6.90. The van der Waals surface area contributed by atoms with E-state index in [0.29, 0.717) is 5.84 Å². The predicted octanol–water partition coefficient (Wildman–Crippen LogP) is 3.15. The maximum atomic E-state index is 5.98. The normalized spacial score (nSPS) is 22.4. The van der Waals surface area contributed by atoms with Gasteiger partial charge >= 0.3 is 0 Å². The fraction of sp³-hybridized carbons (Fsp3) is 0.818. The number of hydrogen-bond donors (Lipinski definition) is 1. The molecule has 1 aliphatic rings. The van der Waals surface area contributed by atoms with Crippen LogP contribution < -0.4 is 5.84 Å². The smallest absolute Gasteiger partial charge is 0.217 e. The molecular weight excluding hydrogens is 259 g/mol. The lowest BCUT2D eigenvalue weighted by atomic mass is 9.75. The van der Waals surface area contributed by atoms with Gasteiger partial charge in [0.25, 0.3) is 0 Å². The van der Waals surface area contributed by atoms with Crippen LogP contribution in [0.3, 0.4) is 0 Å². The molecule has 0 amide bonds. The summed E-state index contributed by atoms with van der Waals surface area (Å²) in [6, 6.07) is 0. The molecule has 0 spiro atoms. The van der Waals surface area contributed by atoms with Gasteiger partial charge in [0.1, 0.15) is 5.84 Å². The maximum absolute atomic E-state index is 5.98. The third-order valence-electron chi connectivity index (χ3n) is 2.45. The van der Waals surface area contributed by atoms with Crippen molar-refractivity contribution in [3.8, 4) is 0 Å². The lowest BCUT2D eigenvalue weighted by molar-refractivity contribution is 0.274. The molecule has 1 atom stereocenters. The van der Waals surface area contributed by atoms with E-state index in [0.717, 1.165) is 11.4 Å². The van der Waals surface area contributed by atoms with Gasteiger partial charge in [-0.1, -0.05) is 46.2 Å². The Morgan fingerprint density at radius 3 is 2.24 bits per heavy atom. The third kappa shape index (κ3) is 3.83. The summed E-state index contributed by atoms with van der Waals surface area (Å²) >= 11 is 11.9. The van der Waals surface area contributed by atoms with Gasteiger partial charge in [-0.3, -0.25) is 0 Å². The minimum absolute atomic E-state index is 0.176. The van der Waals surface area contributed by atoms with Gasteiger partial charge in [-0.05, 0) is 23.4 Å². The highest BCUT2D eigenvalue weighted by Crippen LogP contribution is 2.36. The Morgan fingerprint density at radius 2 is 1.82 bits per heavy atom. The zero-order valence-electron chi connectivity index (χ0n) is 11.0. The van der Waals surface area contributed by atoms with Crippen LogP contribution in [0.1, 0.15) is 41.0 Å². The fourth-order valence-electron chi connectivity index (χ4n) is 2.16. The van der Waals surface area contributed by atoms with Crippen molar-refractivity contribution in [2.75, 3.05) is 0 Å². The first-order chi connectivity index (χ1) is 7.53. The number of halogens is 2. The van der Waals surface area contributed by atoms with Gasteiger partial charge in [-0.25, -0.2) is 20.8 Å². The number of alkyl halides is 1. The fourth-order valence-corrected chi connectivity index (χ4v) is 2.56. The molecule has 2 N–H and O–H groups in total. The summed E-state index contributed by atoms with van der Waals surface area (Å²) in [7, 11) is 0. The molecule has 0 radical (unpaired) electrons. The quantitative estimate of drug-likeness (QED) is 0.479. The summed E-state index contributed by atoms with van der Waals surface area (Å²) in [5.74, 6) is 6.24. The monoisotopic (exact) mass is 278 g/mol. The van der Waals surface area contributed by atoms with E-state index in [1.807, 2.05) is 0 Å². The van der Waals surface area contributed by atoms with Crippen molar-refractivity contribution in [3.63, 3.8) is 0 Å². The molecule has 98 valence electrons. The zero-order valence-corrected chi connectivity index (χ0v) is 12.5. The van der Waals surface area contributed by atoms with Crippen LogP contribution in [-0.2, 0) is 0 Å². The number of nitrogens with two attached hydrogens (primary N) is 1. The molecule has 1 heterocycles. The standard InChI is InChI=1S/C11H20Cl2N4/c1-10(2,3)6-11(4,5)7-15-8(12)17(14)9(13)16-7/h8H,6,14H2,1-5H3. The summed E-state index contributed by atoms with van der Waals surface area (Å²) in [6.45, 7) is 10.7. The molecule has 1 unspecified atom stereocenters. The summed E-state index contributed by atoms with van der Waals surface area (Å²) in [4.78, 5) is 8.50. The molecular formula is C11H20Cl2N4. The molecule has 1 aliphatic heterocycles. The van der Waals surface area contributed by atoms with Crippen molar-refractivity contribution in [1.29, 1.82) is 0 Å². The van der Waals surface area contributed by atoms with E-state index in [1.54, 1.807) is 0 Å². The Bertz CT molecular complexity index is 355. The lowest BCUT2D eigenvalue weighted by Crippen LogP contribution is -2.45. The number of nitrogens with zero attached hydrogens (tertiary/aromatic N) is 3. The van der Waals surface area contributed by atoms with Crippen LogP contribution in [0.15, 0.2) is 9.98 Å². The van der Waals surface area contributed by atoms with Crippen molar-refractivity contribution in [2.45, 2.75) is 46.7 Å². The maximum Gasteiger partial charge on any atom is 0.217 e. The van der Waals surface area contributed by atoms with Crippen LogP contribution in [0, 0.1) is 10.8 Å². The average molecular weight is 279 g/mol. The van der Waals surface area contributed by atoms with E-state index < -0.39 is 5.62 Å². The molecule has 0 fully saturated rings. The first-order valence-corrected chi connectivity index (χ1v) is 6.35. The van der Waals surface area contributed by atoms with Gasteiger partial charge in [0.05, 0.1) is 0 Å². The van der Waals surface area contributed by atoms with E-state index in [9.17, 15) is 0 Å². The van der Waals surface area contributed by atoms with Gasteiger partial charge in [0.2, 0.25) is 10.9 Å². The molecule has 0 aromatic rings. The van der Waals surface area contributed by atoms with E-state index >= 15 is 0 Å². The molecule has 4 nitrogen and oxygen atoms in total. The van der Waals surface area contributed by atoms with Crippen LogP contribution >= 0.6 is 23.2 Å². The van der Waals surface area contributed by atoms with Crippen molar-refractivity contribution >= 4 is 34.3 Å². The highest BCUT2D eigenvalue weighted by atomic mass is 35.5. The van der Waals surface area contributed by atoms with Crippen LogP contribution in [0.25, 0.3) is 0 Å². The van der Waals surface area contributed by atoms with Gasteiger partial charge in [-0.15, -0.1) is 0 Å². The van der Waals surface area contributed by atoms with Gasteiger partial charge < -0.3 is 0 Å². The molecule has 0 aromatic carbocycles. The molecule has 0 saturated heterocycles. The Labute approximate surface area is 113 Å².